The van der Waals surface area contributed by atoms with Gasteiger partial charge in [-0.2, -0.15) is 0 Å². The zero-order valence-electron chi connectivity index (χ0n) is 13.0. The molecule has 0 saturated heterocycles. The lowest BCUT2D eigenvalue weighted by molar-refractivity contribution is -0.123. The maximum atomic E-state index is 13.5. The van der Waals surface area contributed by atoms with Gasteiger partial charge < -0.3 is 10.1 Å². The average molecular weight is 315 g/mol. The molecule has 1 amide bonds. The first-order chi connectivity index (χ1) is 11.0. The summed E-state index contributed by atoms with van der Waals surface area (Å²) >= 11 is 0. The molecule has 23 heavy (non-hydrogen) atoms. The summed E-state index contributed by atoms with van der Waals surface area (Å²) in [4.78, 5) is 24.0. The van der Waals surface area contributed by atoms with Crippen molar-refractivity contribution < 1.29 is 18.7 Å². The Hall–Kier alpha value is -2.69. The number of carbonyl (C=O) groups excluding carboxylic acids is 2. The van der Waals surface area contributed by atoms with Crippen molar-refractivity contribution in [3.05, 3.63) is 65.5 Å². The zero-order valence-corrected chi connectivity index (χ0v) is 13.0. The van der Waals surface area contributed by atoms with E-state index in [0.29, 0.717) is 5.56 Å². The minimum Gasteiger partial charge on any atom is -0.449 e. The second kappa shape index (κ2) is 7.54. The fourth-order valence-corrected chi connectivity index (χ4v) is 1.96. The second-order valence-corrected chi connectivity index (χ2v) is 5.07. The highest BCUT2D eigenvalue weighted by Crippen LogP contribution is 2.14. The number of benzene rings is 2. The number of para-hydroxylation sites is 1. The van der Waals surface area contributed by atoms with Gasteiger partial charge in [-0.25, -0.2) is 9.18 Å². The highest BCUT2D eigenvalue weighted by Gasteiger charge is 2.19. The minimum absolute atomic E-state index is 0.0488. The summed E-state index contributed by atoms with van der Waals surface area (Å²) in [6.45, 7) is 3.46. The number of ether oxygens (including phenoxy) is 1. The molecule has 0 spiro atoms. The van der Waals surface area contributed by atoms with E-state index in [0.717, 1.165) is 12.0 Å². The van der Waals surface area contributed by atoms with E-state index >= 15 is 0 Å². The zero-order chi connectivity index (χ0) is 16.8. The molecule has 4 nitrogen and oxygen atoms in total. The number of halogens is 1. The number of nitrogens with one attached hydrogen (secondary N) is 1. The van der Waals surface area contributed by atoms with Crippen LogP contribution in [0, 0.1) is 5.82 Å². The average Bonchev–Trinajstić information content (AvgIpc) is 2.56. The van der Waals surface area contributed by atoms with Gasteiger partial charge in [0.25, 0.3) is 5.91 Å². The van der Waals surface area contributed by atoms with Gasteiger partial charge in [-0.1, -0.05) is 31.2 Å². The molecule has 0 aliphatic heterocycles. The highest BCUT2D eigenvalue weighted by molar-refractivity contribution is 5.97. The molecule has 0 aromatic heterocycles. The van der Waals surface area contributed by atoms with Gasteiger partial charge >= 0.3 is 5.97 Å². The van der Waals surface area contributed by atoms with Crippen LogP contribution in [0.25, 0.3) is 0 Å². The van der Waals surface area contributed by atoms with Crippen molar-refractivity contribution in [2.45, 2.75) is 26.4 Å². The smallest absolute Gasteiger partial charge is 0.338 e. The molecule has 1 atom stereocenters. The molecule has 0 fully saturated rings. The molecule has 0 aliphatic carbocycles. The van der Waals surface area contributed by atoms with Gasteiger partial charge in [0, 0.05) is 0 Å². The molecule has 1 unspecified atom stereocenters. The fraction of sp³-hybridized carbons (Fsp3) is 0.222. The molecule has 2 aromatic carbocycles. The number of hydrogen-bond acceptors (Lipinski definition) is 3. The van der Waals surface area contributed by atoms with E-state index in [4.69, 9.17) is 4.74 Å². The van der Waals surface area contributed by atoms with Gasteiger partial charge in [0.1, 0.15) is 5.82 Å². The first-order valence-electron chi connectivity index (χ1n) is 7.36. The third kappa shape index (κ3) is 4.39. The summed E-state index contributed by atoms with van der Waals surface area (Å²) in [5.41, 5.74) is 1.52. The molecule has 5 heteroatoms. The summed E-state index contributed by atoms with van der Waals surface area (Å²) in [5, 5.41) is 2.39. The first-order valence-corrected chi connectivity index (χ1v) is 7.36. The Labute approximate surface area is 134 Å². The topological polar surface area (TPSA) is 55.4 Å². The molecule has 0 aliphatic rings. The second-order valence-electron chi connectivity index (χ2n) is 5.07. The van der Waals surface area contributed by atoms with E-state index < -0.39 is 23.8 Å². The van der Waals surface area contributed by atoms with Gasteiger partial charge in [0.05, 0.1) is 11.3 Å². The summed E-state index contributed by atoms with van der Waals surface area (Å²) in [7, 11) is 0. The number of anilines is 1. The normalized spacial score (nSPS) is 11.6. The Morgan fingerprint density at radius 2 is 1.78 bits per heavy atom. The van der Waals surface area contributed by atoms with Crippen LogP contribution in [0.3, 0.4) is 0 Å². The van der Waals surface area contributed by atoms with Crippen LogP contribution in [-0.2, 0) is 16.0 Å². The van der Waals surface area contributed by atoms with Crippen LogP contribution in [0.5, 0.6) is 0 Å². The van der Waals surface area contributed by atoms with Crippen molar-refractivity contribution in [2.24, 2.45) is 0 Å². The number of carbonyl (C=O) groups is 2. The minimum atomic E-state index is -1.03. The van der Waals surface area contributed by atoms with Crippen LogP contribution in [-0.4, -0.2) is 18.0 Å². The van der Waals surface area contributed by atoms with Crippen molar-refractivity contribution >= 4 is 17.6 Å². The van der Waals surface area contributed by atoms with Crippen LogP contribution in [0.2, 0.25) is 0 Å². The third-order valence-electron chi connectivity index (χ3n) is 3.38. The lowest BCUT2D eigenvalue weighted by atomic mass is 10.1. The monoisotopic (exact) mass is 315 g/mol. The van der Waals surface area contributed by atoms with Crippen molar-refractivity contribution in [3.8, 4) is 0 Å². The lowest BCUT2D eigenvalue weighted by Crippen LogP contribution is -2.30. The summed E-state index contributed by atoms with van der Waals surface area (Å²) in [6.07, 6.45) is -0.162. The van der Waals surface area contributed by atoms with Crippen LogP contribution < -0.4 is 5.32 Å². The molecule has 2 rings (SSSR count). The first kappa shape index (κ1) is 16.7. The van der Waals surface area contributed by atoms with Crippen molar-refractivity contribution in [3.63, 3.8) is 0 Å². The highest BCUT2D eigenvalue weighted by atomic mass is 19.1. The van der Waals surface area contributed by atoms with Crippen LogP contribution in [0.4, 0.5) is 10.1 Å². The quantitative estimate of drug-likeness (QED) is 0.858. The van der Waals surface area contributed by atoms with Crippen LogP contribution in [0.1, 0.15) is 29.8 Å². The van der Waals surface area contributed by atoms with Crippen molar-refractivity contribution in [2.75, 3.05) is 5.32 Å². The Kier molecular flexibility index (Phi) is 5.46. The largest absolute Gasteiger partial charge is 0.449 e. The van der Waals surface area contributed by atoms with Crippen molar-refractivity contribution in [1.82, 2.24) is 0 Å². The number of rotatable bonds is 5. The molecule has 120 valence electrons. The van der Waals surface area contributed by atoms with E-state index in [2.05, 4.69) is 5.32 Å². The summed E-state index contributed by atoms with van der Waals surface area (Å²) in [5.74, 6) is -1.73. The Morgan fingerprint density at radius 3 is 2.39 bits per heavy atom. The maximum absolute atomic E-state index is 13.5. The van der Waals surface area contributed by atoms with E-state index in [1.54, 1.807) is 18.2 Å². The predicted molar refractivity (Wildman–Crippen MR) is 85.7 cm³/mol. The van der Waals surface area contributed by atoms with Crippen molar-refractivity contribution in [1.29, 1.82) is 0 Å². The summed E-state index contributed by atoms with van der Waals surface area (Å²) < 4.78 is 18.6. The molecular weight excluding hydrogens is 297 g/mol. The lowest BCUT2D eigenvalue weighted by Gasteiger charge is -2.14. The molecular formula is C18H18FNO3. The van der Waals surface area contributed by atoms with E-state index in [9.17, 15) is 14.0 Å². The Bertz CT molecular complexity index is 698. The Balaban J connectivity index is 1.97. The van der Waals surface area contributed by atoms with Gasteiger partial charge in [-0.3, -0.25) is 4.79 Å². The standard InChI is InChI=1S/C18H18FNO3/c1-3-13-8-10-14(11-9-13)18(22)23-12(2)17(21)20-16-7-5-4-6-15(16)19/h4-12H,3H2,1-2H3,(H,20,21). The molecule has 0 heterocycles. The molecule has 0 radical (unpaired) electrons. The number of amides is 1. The van der Waals surface area contributed by atoms with Gasteiger partial charge in [0.15, 0.2) is 6.10 Å². The Morgan fingerprint density at radius 1 is 1.13 bits per heavy atom. The molecule has 0 saturated carbocycles. The number of hydrogen-bond donors (Lipinski definition) is 1. The number of esters is 1. The molecule has 0 bridgehead atoms. The SMILES string of the molecule is CCc1ccc(C(=O)OC(C)C(=O)Nc2ccccc2F)cc1. The maximum Gasteiger partial charge on any atom is 0.338 e. The predicted octanol–water partition coefficient (Wildman–Crippen LogP) is 3.57. The molecule has 2 aromatic rings. The fourth-order valence-electron chi connectivity index (χ4n) is 1.96. The summed E-state index contributed by atoms with van der Waals surface area (Å²) in [6, 6.07) is 12.8. The van der Waals surface area contributed by atoms with Gasteiger partial charge in [-0.15, -0.1) is 0 Å². The molecule has 1 N–H and O–H groups in total. The van der Waals surface area contributed by atoms with E-state index in [-0.39, 0.29) is 5.69 Å². The van der Waals surface area contributed by atoms with Crippen LogP contribution in [0.15, 0.2) is 48.5 Å². The van der Waals surface area contributed by atoms with Gasteiger partial charge in [-0.05, 0) is 43.2 Å². The van der Waals surface area contributed by atoms with E-state index in [1.165, 1.54) is 25.1 Å². The number of aryl methyl sites for hydroxylation is 1. The van der Waals surface area contributed by atoms with Crippen LogP contribution >= 0.6 is 0 Å². The third-order valence-corrected chi connectivity index (χ3v) is 3.38. The van der Waals surface area contributed by atoms with Gasteiger partial charge in [0.2, 0.25) is 0 Å². The van der Waals surface area contributed by atoms with E-state index in [1.807, 2.05) is 19.1 Å².